The molecule has 1 atom stereocenters. The number of imide groups is 1. The molecule has 3 aromatic heterocycles. The standard InChI is InChI=1S/C56H69N11O5/c1-34(2)66-33-58-45-27-44(60-50(49(45)66)59-39-8-9-39)37-6-11-43-46(24-37)67(41-25-40(26-41)62-18-4-3-5-19-62)54(72)56(43)16-22-64(23-17-56)53(71)55-28-35(29-55)31-65(32-55)52(70)36-14-20-63(21-15-36)47-12-7-38(30-57-47)42-10-13-48(68)61-51(42)69/h6-7,11-12,24,27,30,33-36,39-42H,3-5,8-10,13-23,25-26,28-29,31-32H2,1-2H3,(H,59,60)(H,61,68,69). The smallest absolute Gasteiger partial charge is 0.238 e. The zero-order valence-corrected chi connectivity index (χ0v) is 42.0. The molecule has 2 N–H and O–H groups in total. The Morgan fingerprint density at radius 3 is 2.32 bits per heavy atom. The van der Waals surface area contributed by atoms with Gasteiger partial charge in [0.05, 0.1) is 34.3 Å². The molecule has 3 aliphatic carbocycles. The predicted molar refractivity (Wildman–Crippen MR) is 273 cm³/mol. The molecule has 10 aliphatic rings. The molecule has 16 nitrogen and oxygen atoms in total. The molecular formula is C56H69N11O5. The maximum atomic E-state index is 15.3. The first-order valence-corrected chi connectivity index (χ1v) is 27.4. The van der Waals surface area contributed by atoms with Crippen LogP contribution in [0.1, 0.15) is 133 Å². The van der Waals surface area contributed by atoms with Crippen LogP contribution in [0.2, 0.25) is 0 Å². The van der Waals surface area contributed by atoms with Gasteiger partial charge in [-0.2, -0.15) is 0 Å². The number of hydrogen-bond donors (Lipinski definition) is 2. The Hall–Kier alpha value is -5.90. The molecule has 2 bridgehead atoms. The third-order valence-corrected chi connectivity index (χ3v) is 18.7. The van der Waals surface area contributed by atoms with E-state index >= 15 is 4.79 Å². The Bertz CT molecular complexity index is 2820. The van der Waals surface area contributed by atoms with Crippen molar-refractivity contribution in [1.29, 1.82) is 0 Å². The number of pyridine rings is 2. The summed E-state index contributed by atoms with van der Waals surface area (Å²) >= 11 is 0. The third kappa shape index (κ3) is 7.78. The maximum absolute atomic E-state index is 15.3. The fourth-order valence-corrected chi connectivity index (χ4v) is 14.4. The van der Waals surface area contributed by atoms with Crippen molar-refractivity contribution in [3.63, 3.8) is 0 Å². The fourth-order valence-electron chi connectivity index (χ4n) is 14.4. The minimum absolute atomic E-state index is 0.102. The number of nitrogens with zero attached hydrogens (tertiary/aromatic N) is 9. The average Bonchev–Trinajstić information content (AvgIpc) is 4.04. The van der Waals surface area contributed by atoms with Gasteiger partial charge in [0.15, 0.2) is 5.82 Å². The van der Waals surface area contributed by atoms with Gasteiger partial charge >= 0.3 is 0 Å². The Balaban J connectivity index is 0.695. The molecule has 10 heterocycles. The van der Waals surface area contributed by atoms with Crippen LogP contribution in [0.15, 0.2) is 48.9 Å². The average molecular weight is 976 g/mol. The van der Waals surface area contributed by atoms with E-state index in [-0.39, 0.29) is 53.5 Å². The molecule has 72 heavy (non-hydrogen) atoms. The summed E-state index contributed by atoms with van der Waals surface area (Å²) in [5, 5.41) is 6.14. The first-order chi connectivity index (χ1) is 34.9. The van der Waals surface area contributed by atoms with Gasteiger partial charge in [-0.1, -0.05) is 24.6 Å². The summed E-state index contributed by atoms with van der Waals surface area (Å²) in [4.78, 5) is 94.3. The molecule has 4 aromatic rings. The van der Waals surface area contributed by atoms with Gasteiger partial charge in [-0.3, -0.25) is 29.3 Å². The molecule has 1 spiro atoms. The van der Waals surface area contributed by atoms with Crippen molar-refractivity contribution >= 4 is 57.9 Å². The summed E-state index contributed by atoms with van der Waals surface area (Å²) < 4.78 is 2.20. The monoisotopic (exact) mass is 976 g/mol. The number of rotatable bonds is 10. The lowest BCUT2D eigenvalue weighted by Gasteiger charge is -2.57. The van der Waals surface area contributed by atoms with E-state index in [9.17, 15) is 19.2 Å². The number of amides is 5. The summed E-state index contributed by atoms with van der Waals surface area (Å²) in [5.74, 6) is 1.58. The van der Waals surface area contributed by atoms with Crippen LogP contribution < -0.4 is 20.4 Å². The van der Waals surface area contributed by atoms with Crippen molar-refractivity contribution in [1.82, 2.24) is 39.5 Å². The van der Waals surface area contributed by atoms with Crippen LogP contribution in [-0.2, 0) is 29.4 Å². The van der Waals surface area contributed by atoms with Crippen LogP contribution in [0.4, 0.5) is 17.3 Å². The molecule has 14 rings (SSSR count). The van der Waals surface area contributed by atoms with E-state index in [1.165, 1.54) is 19.3 Å². The second-order valence-corrected chi connectivity index (χ2v) is 23.5. The van der Waals surface area contributed by atoms with Gasteiger partial charge in [0.1, 0.15) is 11.3 Å². The van der Waals surface area contributed by atoms with Gasteiger partial charge in [-0.15, -0.1) is 0 Å². The fraction of sp³-hybridized carbons (Fsp3) is 0.607. The first kappa shape index (κ1) is 45.9. The van der Waals surface area contributed by atoms with Gasteiger partial charge in [-0.05, 0) is 146 Å². The van der Waals surface area contributed by atoms with Crippen molar-refractivity contribution in [2.24, 2.45) is 17.3 Å². The van der Waals surface area contributed by atoms with E-state index in [0.29, 0.717) is 95.8 Å². The summed E-state index contributed by atoms with van der Waals surface area (Å²) in [6.45, 7) is 10.3. The zero-order valence-electron chi connectivity index (χ0n) is 42.0. The van der Waals surface area contributed by atoms with Gasteiger partial charge in [0.25, 0.3) is 0 Å². The SMILES string of the molecule is CC(C)n1cnc2cc(-c3ccc4c(c3)N(C3CC(N5CCCCC5)C3)C(=O)C43CCN(C(=O)C45CC(CN(C(=O)C6CCN(c7ccc(C8CCC(=O)NC8=O)cn7)CC6)C4)C5)CC3)nc(NC3CC3)c21. The Kier molecular flexibility index (Phi) is 11.3. The van der Waals surface area contributed by atoms with E-state index in [0.717, 1.165) is 102 Å². The molecule has 5 amide bonds. The molecule has 6 saturated heterocycles. The number of likely N-dealkylation sites (tertiary alicyclic amines) is 2. The molecule has 0 radical (unpaired) electrons. The maximum Gasteiger partial charge on any atom is 0.238 e. The lowest BCUT2D eigenvalue weighted by Crippen LogP contribution is -2.65. The quantitative estimate of drug-likeness (QED) is 0.166. The van der Waals surface area contributed by atoms with Crippen LogP contribution in [-0.4, -0.2) is 134 Å². The van der Waals surface area contributed by atoms with Gasteiger partial charge < -0.3 is 34.4 Å². The van der Waals surface area contributed by atoms with Crippen LogP contribution in [0, 0.1) is 17.3 Å². The molecule has 1 unspecified atom stereocenters. The number of hydrogen-bond acceptors (Lipinski definition) is 11. The van der Waals surface area contributed by atoms with Crippen LogP contribution in [0.25, 0.3) is 22.3 Å². The van der Waals surface area contributed by atoms with Crippen molar-refractivity contribution in [2.75, 3.05) is 67.5 Å². The molecule has 3 saturated carbocycles. The summed E-state index contributed by atoms with van der Waals surface area (Å²) in [6.07, 6.45) is 16.8. The number of benzene rings is 1. The normalized spacial score (nSPS) is 28.6. The molecule has 7 aliphatic heterocycles. The Labute approximate surface area is 421 Å². The molecule has 1 aromatic carbocycles. The van der Waals surface area contributed by atoms with Crippen molar-refractivity contribution < 1.29 is 24.0 Å². The first-order valence-electron chi connectivity index (χ1n) is 27.4. The van der Waals surface area contributed by atoms with E-state index in [4.69, 9.17) is 9.97 Å². The third-order valence-electron chi connectivity index (χ3n) is 18.7. The highest BCUT2D eigenvalue weighted by Gasteiger charge is 2.60. The lowest BCUT2D eigenvalue weighted by molar-refractivity contribution is -0.169. The van der Waals surface area contributed by atoms with Crippen molar-refractivity contribution in [3.05, 3.63) is 60.0 Å². The van der Waals surface area contributed by atoms with Crippen molar-refractivity contribution in [3.8, 4) is 11.3 Å². The van der Waals surface area contributed by atoms with Crippen LogP contribution in [0.5, 0.6) is 0 Å². The minimum atomic E-state index is -0.693. The number of carbonyl (C=O) groups is 5. The predicted octanol–water partition coefficient (Wildman–Crippen LogP) is 6.55. The van der Waals surface area contributed by atoms with Gasteiger partial charge in [0, 0.05) is 93.2 Å². The number of anilines is 3. The number of aromatic nitrogens is 4. The Morgan fingerprint density at radius 2 is 1.61 bits per heavy atom. The van der Waals surface area contributed by atoms with Crippen LogP contribution in [0.3, 0.4) is 0 Å². The second kappa shape index (κ2) is 17.7. The molecule has 9 fully saturated rings. The highest BCUT2D eigenvalue weighted by atomic mass is 16.2. The summed E-state index contributed by atoms with van der Waals surface area (Å²) in [5.41, 5.74) is 5.45. The molecule has 16 heteroatoms. The number of piperidine rings is 6. The van der Waals surface area contributed by atoms with Gasteiger partial charge in [0.2, 0.25) is 29.5 Å². The Morgan fingerprint density at radius 1 is 0.833 bits per heavy atom. The number of imidazole rings is 1. The summed E-state index contributed by atoms with van der Waals surface area (Å²) in [7, 11) is 0. The van der Waals surface area contributed by atoms with E-state index in [1.807, 2.05) is 28.3 Å². The lowest BCUT2D eigenvalue weighted by atomic mass is 9.57. The van der Waals surface area contributed by atoms with Crippen molar-refractivity contribution in [2.45, 2.75) is 146 Å². The van der Waals surface area contributed by atoms with E-state index < -0.39 is 10.8 Å². The van der Waals surface area contributed by atoms with Crippen LogP contribution >= 0.6 is 0 Å². The topological polar surface area (TPSA) is 169 Å². The largest absolute Gasteiger partial charge is 0.366 e. The highest BCUT2D eigenvalue weighted by Crippen LogP contribution is 2.55. The molecular weight excluding hydrogens is 907 g/mol. The minimum Gasteiger partial charge on any atom is -0.366 e. The number of nitrogens with one attached hydrogen (secondary N) is 2. The highest BCUT2D eigenvalue weighted by molar-refractivity contribution is 6.10. The van der Waals surface area contributed by atoms with E-state index in [2.05, 4.69) is 73.0 Å². The van der Waals surface area contributed by atoms with E-state index in [1.54, 1.807) is 6.20 Å². The molecule has 378 valence electrons. The summed E-state index contributed by atoms with van der Waals surface area (Å²) in [6, 6.07) is 13.9. The number of carbonyl (C=O) groups excluding carboxylic acids is 5. The number of fused-ring (bicyclic) bond motifs is 5. The second-order valence-electron chi connectivity index (χ2n) is 23.5. The zero-order chi connectivity index (χ0) is 49.0. The van der Waals surface area contributed by atoms with Gasteiger partial charge in [-0.25, -0.2) is 15.0 Å².